The number of carbonyl (C=O) groups is 1. The number of aryl methyl sites for hydroxylation is 1. The zero-order valence-electron chi connectivity index (χ0n) is 9.70. The van der Waals surface area contributed by atoms with Crippen molar-refractivity contribution in [3.63, 3.8) is 0 Å². The number of unbranched alkanes of at least 4 members (excludes halogenated alkanes) is 1. The fourth-order valence-electron chi connectivity index (χ4n) is 1.81. The first-order valence-corrected chi connectivity index (χ1v) is 5.77. The van der Waals surface area contributed by atoms with Gasteiger partial charge in [-0.2, -0.15) is 0 Å². The molecule has 0 aliphatic heterocycles. The second-order valence-corrected chi connectivity index (χ2v) is 4.17. The van der Waals surface area contributed by atoms with Gasteiger partial charge in [-0.3, -0.25) is 0 Å². The Morgan fingerprint density at radius 2 is 2.07 bits per heavy atom. The Morgan fingerprint density at radius 1 is 1.33 bits per heavy atom. The van der Waals surface area contributed by atoms with E-state index in [4.69, 9.17) is 0 Å². The summed E-state index contributed by atoms with van der Waals surface area (Å²) in [6.07, 6.45) is 5.35. The van der Waals surface area contributed by atoms with E-state index in [0.717, 1.165) is 32.0 Å². The maximum absolute atomic E-state index is 10.9. The van der Waals surface area contributed by atoms with E-state index in [1.165, 1.54) is 11.1 Å². The second kappa shape index (κ2) is 6.39. The van der Waals surface area contributed by atoms with Gasteiger partial charge in [0.2, 0.25) is 0 Å². The fourth-order valence-corrected chi connectivity index (χ4v) is 1.81. The zero-order chi connectivity index (χ0) is 11.1. The Hall–Kier alpha value is -1.11. The van der Waals surface area contributed by atoms with E-state index < -0.39 is 0 Å². The molecule has 1 rings (SSSR count). The molecule has 0 aromatic heterocycles. The van der Waals surface area contributed by atoms with Gasteiger partial charge >= 0.3 is 0 Å². The van der Waals surface area contributed by atoms with Crippen LogP contribution in [-0.4, -0.2) is 6.29 Å². The van der Waals surface area contributed by atoms with Crippen LogP contribution in [0, 0.1) is 12.8 Å². The first-order chi connectivity index (χ1) is 7.27. The standard InChI is InChI=1S/C14H20O/c1-3-4-8-13(11-15)10-14-9-6-5-7-12(14)2/h5-7,9,11,13H,3-4,8,10H2,1-2H3. The van der Waals surface area contributed by atoms with Crippen molar-refractivity contribution in [3.05, 3.63) is 35.4 Å². The molecule has 0 N–H and O–H groups in total. The van der Waals surface area contributed by atoms with E-state index in [1.807, 2.05) is 12.1 Å². The van der Waals surface area contributed by atoms with Crippen molar-refractivity contribution in [1.29, 1.82) is 0 Å². The third-order valence-corrected chi connectivity index (χ3v) is 2.86. The lowest BCUT2D eigenvalue weighted by Crippen LogP contribution is -2.07. The molecule has 1 atom stereocenters. The summed E-state index contributed by atoms with van der Waals surface area (Å²) in [5.41, 5.74) is 2.60. The second-order valence-electron chi connectivity index (χ2n) is 4.17. The van der Waals surface area contributed by atoms with Crippen LogP contribution in [-0.2, 0) is 11.2 Å². The van der Waals surface area contributed by atoms with Crippen molar-refractivity contribution < 1.29 is 4.79 Å². The van der Waals surface area contributed by atoms with Gasteiger partial charge in [0.1, 0.15) is 6.29 Å². The Bertz CT molecular complexity index is 304. The Morgan fingerprint density at radius 3 is 2.67 bits per heavy atom. The Labute approximate surface area is 92.5 Å². The van der Waals surface area contributed by atoms with Gasteiger partial charge in [-0.25, -0.2) is 0 Å². The summed E-state index contributed by atoms with van der Waals surface area (Å²) < 4.78 is 0. The highest BCUT2D eigenvalue weighted by atomic mass is 16.1. The van der Waals surface area contributed by atoms with Gasteiger partial charge < -0.3 is 4.79 Å². The van der Waals surface area contributed by atoms with Crippen molar-refractivity contribution in [2.75, 3.05) is 0 Å². The highest BCUT2D eigenvalue weighted by Gasteiger charge is 2.08. The average Bonchev–Trinajstić information content (AvgIpc) is 2.26. The van der Waals surface area contributed by atoms with Crippen molar-refractivity contribution in [3.8, 4) is 0 Å². The first kappa shape index (κ1) is 12.0. The maximum Gasteiger partial charge on any atom is 0.123 e. The largest absolute Gasteiger partial charge is 0.303 e. The van der Waals surface area contributed by atoms with Gasteiger partial charge in [-0.05, 0) is 30.9 Å². The molecule has 1 nitrogen and oxygen atoms in total. The average molecular weight is 204 g/mol. The molecule has 0 amide bonds. The lowest BCUT2D eigenvalue weighted by molar-refractivity contribution is -0.111. The molecule has 0 bridgehead atoms. The molecule has 1 heteroatoms. The number of benzene rings is 1. The highest BCUT2D eigenvalue weighted by molar-refractivity contribution is 5.54. The van der Waals surface area contributed by atoms with E-state index in [0.29, 0.717) is 0 Å². The van der Waals surface area contributed by atoms with Crippen molar-refractivity contribution in [1.82, 2.24) is 0 Å². The van der Waals surface area contributed by atoms with Gasteiger partial charge in [0.15, 0.2) is 0 Å². The third kappa shape index (κ3) is 3.86. The molecule has 1 unspecified atom stereocenters. The molecular weight excluding hydrogens is 184 g/mol. The molecular formula is C14H20O. The van der Waals surface area contributed by atoms with Gasteiger partial charge in [0.25, 0.3) is 0 Å². The van der Waals surface area contributed by atoms with Crippen LogP contribution in [0.3, 0.4) is 0 Å². The summed E-state index contributed by atoms with van der Waals surface area (Å²) in [5.74, 6) is 0.200. The van der Waals surface area contributed by atoms with E-state index >= 15 is 0 Å². The normalized spacial score (nSPS) is 12.4. The maximum atomic E-state index is 10.9. The summed E-state index contributed by atoms with van der Waals surface area (Å²) in [7, 11) is 0. The summed E-state index contributed by atoms with van der Waals surface area (Å²) in [6, 6.07) is 8.32. The highest BCUT2D eigenvalue weighted by Crippen LogP contribution is 2.16. The smallest absolute Gasteiger partial charge is 0.123 e. The number of carbonyl (C=O) groups excluding carboxylic acids is 1. The molecule has 1 aromatic carbocycles. The molecule has 0 fully saturated rings. The molecule has 0 radical (unpaired) electrons. The van der Waals surface area contributed by atoms with Gasteiger partial charge in [0.05, 0.1) is 0 Å². The first-order valence-electron chi connectivity index (χ1n) is 5.77. The number of rotatable bonds is 6. The molecule has 0 spiro atoms. The fraction of sp³-hybridized carbons (Fsp3) is 0.500. The number of hydrogen-bond donors (Lipinski definition) is 0. The van der Waals surface area contributed by atoms with Gasteiger partial charge in [-0.1, -0.05) is 44.0 Å². The summed E-state index contributed by atoms with van der Waals surface area (Å²) >= 11 is 0. The van der Waals surface area contributed by atoms with Crippen LogP contribution in [0.1, 0.15) is 37.3 Å². The van der Waals surface area contributed by atoms with Gasteiger partial charge in [-0.15, -0.1) is 0 Å². The van der Waals surface area contributed by atoms with E-state index in [1.54, 1.807) is 0 Å². The van der Waals surface area contributed by atoms with Crippen LogP contribution in [0.15, 0.2) is 24.3 Å². The van der Waals surface area contributed by atoms with Crippen molar-refractivity contribution >= 4 is 6.29 Å². The van der Waals surface area contributed by atoms with Crippen LogP contribution < -0.4 is 0 Å². The van der Waals surface area contributed by atoms with Crippen LogP contribution in [0.25, 0.3) is 0 Å². The van der Waals surface area contributed by atoms with E-state index in [-0.39, 0.29) is 5.92 Å². The van der Waals surface area contributed by atoms with Gasteiger partial charge in [0, 0.05) is 5.92 Å². The predicted octanol–water partition coefficient (Wildman–Crippen LogP) is 3.54. The Balaban J connectivity index is 2.58. The SMILES string of the molecule is CCCCC(C=O)Cc1ccccc1C. The van der Waals surface area contributed by atoms with E-state index in [2.05, 4.69) is 26.0 Å². The molecule has 0 saturated carbocycles. The Kier molecular flexibility index (Phi) is 5.09. The lowest BCUT2D eigenvalue weighted by atomic mass is 9.93. The molecule has 82 valence electrons. The van der Waals surface area contributed by atoms with Crippen LogP contribution in [0.4, 0.5) is 0 Å². The number of hydrogen-bond acceptors (Lipinski definition) is 1. The summed E-state index contributed by atoms with van der Waals surface area (Å²) in [4.78, 5) is 10.9. The third-order valence-electron chi connectivity index (χ3n) is 2.86. The van der Waals surface area contributed by atoms with Crippen LogP contribution >= 0.6 is 0 Å². The summed E-state index contributed by atoms with van der Waals surface area (Å²) in [6.45, 7) is 4.27. The van der Waals surface area contributed by atoms with Crippen LogP contribution in [0.2, 0.25) is 0 Å². The monoisotopic (exact) mass is 204 g/mol. The van der Waals surface area contributed by atoms with Crippen molar-refractivity contribution in [2.45, 2.75) is 39.5 Å². The lowest BCUT2D eigenvalue weighted by Gasteiger charge is -2.11. The van der Waals surface area contributed by atoms with Crippen molar-refractivity contribution in [2.24, 2.45) is 5.92 Å². The minimum absolute atomic E-state index is 0.200. The van der Waals surface area contributed by atoms with Crippen LogP contribution in [0.5, 0.6) is 0 Å². The van der Waals surface area contributed by atoms with E-state index in [9.17, 15) is 4.79 Å². The molecule has 0 aliphatic rings. The number of aldehydes is 1. The molecule has 1 aromatic rings. The zero-order valence-corrected chi connectivity index (χ0v) is 9.70. The molecule has 0 heterocycles. The quantitative estimate of drug-likeness (QED) is 0.648. The molecule has 0 saturated heterocycles. The molecule has 15 heavy (non-hydrogen) atoms. The topological polar surface area (TPSA) is 17.1 Å². The minimum Gasteiger partial charge on any atom is -0.303 e. The molecule has 0 aliphatic carbocycles. The minimum atomic E-state index is 0.200. The predicted molar refractivity (Wildman–Crippen MR) is 64.0 cm³/mol. The summed E-state index contributed by atoms with van der Waals surface area (Å²) in [5, 5.41) is 0.